The minimum atomic E-state index is -0.192. The molecule has 30 heavy (non-hydrogen) atoms. The monoisotopic (exact) mass is 483 g/mol. The molecule has 6 nitrogen and oxygen atoms in total. The molecule has 0 saturated heterocycles. The third kappa shape index (κ3) is 4.44. The number of benzene rings is 2. The van der Waals surface area contributed by atoms with E-state index in [1.54, 1.807) is 7.11 Å². The molecule has 0 fully saturated rings. The van der Waals surface area contributed by atoms with Gasteiger partial charge in [0.15, 0.2) is 5.13 Å². The van der Waals surface area contributed by atoms with Gasteiger partial charge in [-0.1, -0.05) is 18.2 Å². The Morgan fingerprint density at radius 3 is 2.70 bits per heavy atom. The van der Waals surface area contributed by atoms with Crippen molar-refractivity contribution in [3.63, 3.8) is 0 Å². The molecule has 0 atom stereocenters. The summed E-state index contributed by atoms with van der Waals surface area (Å²) in [5.41, 5.74) is 3.20. The van der Waals surface area contributed by atoms with Crippen LogP contribution in [0.2, 0.25) is 0 Å². The van der Waals surface area contributed by atoms with Crippen molar-refractivity contribution in [3.05, 3.63) is 69.8 Å². The summed E-state index contributed by atoms with van der Waals surface area (Å²) in [6, 6.07) is 15.3. The maximum absolute atomic E-state index is 12.5. The van der Waals surface area contributed by atoms with Crippen LogP contribution in [0.4, 0.5) is 5.13 Å². The van der Waals surface area contributed by atoms with Crippen molar-refractivity contribution >= 4 is 38.3 Å². The average molecular weight is 484 g/mol. The Labute approximate surface area is 186 Å². The highest BCUT2D eigenvalue weighted by Gasteiger charge is 2.16. The lowest BCUT2D eigenvalue weighted by Crippen LogP contribution is -2.15. The third-order valence-electron chi connectivity index (χ3n) is 4.44. The van der Waals surface area contributed by atoms with E-state index in [4.69, 9.17) is 9.15 Å². The molecular formula is C22H18BrN3O3S. The number of thiazole rings is 1. The minimum absolute atomic E-state index is 0.116. The largest absolute Gasteiger partial charge is 0.496 e. The van der Waals surface area contributed by atoms with Crippen molar-refractivity contribution < 1.29 is 13.9 Å². The lowest BCUT2D eigenvalue weighted by molar-refractivity contribution is -0.115. The number of carbonyl (C=O) groups is 1. The van der Waals surface area contributed by atoms with Crippen molar-refractivity contribution in [1.82, 2.24) is 9.97 Å². The molecule has 0 aliphatic rings. The number of aryl methyl sites for hydroxylation is 1. The first-order chi connectivity index (χ1) is 14.5. The molecule has 2 aromatic carbocycles. The van der Waals surface area contributed by atoms with Gasteiger partial charge in [0, 0.05) is 16.5 Å². The van der Waals surface area contributed by atoms with Gasteiger partial charge in [-0.2, -0.15) is 0 Å². The summed E-state index contributed by atoms with van der Waals surface area (Å²) in [4.78, 5) is 21.5. The standard InChI is InChI=1S/C22H18BrN3O3S/c1-13-17(24-21(29-13)14-6-4-3-5-7-14)11-20(27)26-22-25-18(12-30-22)15-8-9-19(28-2)16(23)10-15/h3-10,12H,11H2,1-2H3,(H,25,26,27). The van der Waals surface area contributed by atoms with Crippen LogP contribution in [-0.2, 0) is 11.2 Å². The van der Waals surface area contributed by atoms with Gasteiger partial charge in [-0.15, -0.1) is 11.3 Å². The Kier molecular flexibility index (Phi) is 5.96. The Morgan fingerprint density at radius 1 is 1.17 bits per heavy atom. The normalized spacial score (nSPS) is 10.8. The van der Waals surface area contributed by atoms with E-state index in [-0.39, 0.29) is 12.3 Å². The molecule has 0 saturated carbocycles. The number of rotatable bonds is 6. The zero-order chi connectivity index (χ0) is 21.1. The summed E-state index contributed by atoms with van der Waals surface area (Å²) in [6.07, 6.45) is 0.116. The number of carbonyl (C=O) groups excluding carboxylic acids is 1. The number of hydrogen-bond donors (Lipinski definition) is 1. The van der Waals surface area contributed by atoms with E-state index in [2.05, 4.69) is 31.2 Å². The summed E-state index contributed by atoms with van der Waals surface area (Å²) in [5, 5.41) is 5.28. The Morgan fingerprint density at radius 2 is 1.97 bits per heavy atom. The van der Waals surface area contributed by atoms with Crippen LogP contribution in [-0.4, -0.2) is 23.0 Å². The highest BCUT2D eigenvalue weighted by molar-refractivity contribution is 9.10. The van der Waals surface area contributed by atoms with Gasteiger partial charge in [-0.3, -0.25) is 4.79 Å². The first-order valence-corrected chi connectivity index (χ1v) is 10.8. The highest BCUT2D eigenvalue weighted by Crippen LogP contribution is 2.32. The summed E-state index contributed by atoms with van der Waals surface area (Å²) < 4.78 is 11.8. The van der Waals surface area contributed by atoms with Crippen LogP contribution in [0.1, 0.15) is 11.5 Å². The molecule has 2 aromatic heterocycles. The fourth-order valence-electron chi connectivity index (χ4n) is 2.90. The average Bonchev–Trinajstić information content (AvgIpc) is 3.35. The SMILES string of the molecule is COc1ccc(-c2csc(NC(=O)Cc3nc(-c4ccccc4)oc3C)n2)cc1Br. The summed E-state index contributed by atoms with van der Waals surface area (Å²) in [5.74, 6) is 1.70. The quantitative estimate of drug-likeness (QED) is 0.379. The molecule has 1 amide bonds. The molecule has 2 heterocycles. The number of methoxy groups -OCH3 is 1. The smallest absolute Gasteiger partial charge is 0.232 e. The predicted octanol–water partition coefficient (Wildman–Crippen LogP) is 5.73. The molecule has 4 aromatic rings. The van der Waals surface area contributed by atoms with Crippen LogP contribution in [0.5, 0.6) is 5.75 Å². The highest BCUT2D eigenvalue weighted by atomic mass is 79.9. The van der Waals surface area contributed by atoms with Crippen molar-refractivity contribution in [2.75, 3.05) is 12.4 Å². The Hall–Kier alpha value is -2.97. The van der Waals surface area contributed by atoms with Crippen molar-refractivity contribution in [2.45, 2.75) is 13.3 Å². The summed E-state index contributed by atoms with van der Waals surface area (Å²) >= 11 is 4.85. The van der Waals surface area contributed by atoms with Crippen molar-refractivity contribution in [3.8, 4) is 28.5 Å². The van der Waals surface area contributed by atoms with Crippen LogP contribution >= 0.6 is 27.3 Å². The number of hydrogen-bond acceptors (Lipinski definition) is 6. The number of amides is 1. The molecule has 0 radical (unpaired) electrons. The number of ether oxygens (including phenoxy) is 1. The number of nitrogens with zero attached hydrogens (tertiary/aromatic N) is 2. The third-order valence-corrected chi connectivity index (χ3v) is 5.82. The van der Waals surface area contributed by atoms with Gasteiger partial charge in [-0.25, -0.2) is 9.97 Å². The molecule has 0 aliphatic heterocycles. The number of halogens is 1. The lowest BCUT2D eigenvalue weighted by Gasteiger charge is -2.04. The summed E-state index contributed by atoms with van der Waals surface area (Å²) in [6.45, 7) is 1.81. The van der Waals surface area contributed by atoms with E-state index in [1.165, 1.54) is 11.3 Å². The van der Waals surface area contributed by atoms with Crippen LogP contribution < -0.4 is 10.1 Å². The van der Waals surface area contributed by atoms with Gasteiger partial charge in [0.1, 0.15) is 11.5 Å². The van der Waals surface area contributed by atoms with E-state index in [1.807, 2.05) is 60.8 Å². The Bertz CT molecular complexity index is 1190. The maximum atomic E-state index is 12.5. The van der Waals surface area contributed by atoms with E-state index >= 15 is 0 Å². The van der Waals surface area contributed by atoms with Crippen molar-refractivity contribution in [2.24, 2.45) is 0 Å². The minimum Gasteiger partial charge on any atom is -0.496 e. The molecule has 4 rings (SSSR count). The van der Waals surface area contributed by atoms with Gasteiger partial charge >= 0.3 is 0 Å². The van der Waals surface area contributed by atoms with Crippen molar-refractivity contribution in [1.29, 1.82) is 0 Å². The zero-order valence-electron chi connectivity index (χ0n) is 16.3. The number of aromatic nitrogens is 2. The van der Waals surface area contributed by atoms with Gasteiger partial charge < -0.3 is 14.5 Å². The second kappa shape index (κ2) is 8.81. The van der Waals surface area contributed by atoms with E-state index in [0.29, 0.717) is 22.5 Å². The zero-order valence-corrected chi connectivity index (χ0v) is 18.7. The van der Waals surface area contributed by atoms with Gasteiger partial charge in [0.25, 0.3) is 0 Å². The molecule has 0 bridgehead atoms. The first-order valence-electron chi connectivity index (χ1n) is 9.14. The van der Waals surface area contributed by atoms with Gasteiger partial charge in [0.05, 0.1) is 29.4 Å². The summed E-state index contributed by atoms with van der Waals surface area (Å²) in [7, 11) is 1.62. The maximum Gasteiger partial charge on any atom is 0.232 e. The molecule has 8 heteroatoms. The number of oxazole rings is 1. The number of anilines is 1. The fraction of sp³-hybridized carbons (Fsp3) is 0.136. The van der Waals surface area contributed by atoms with Gasteiger partial charge in [-0.05, 0) is 53.2 Å². The Balaban J connectivity index is 1.44. The molecular weight excluding hydrogens is 466 g/mol. The molecule has 1 N–H and O–H groups in total. The van der Waals surface area contributed by atoms with E-state index in [9.17, 15) is 4.79 Å². The molecule has 152 valence electrons. The second-order valence-electron chi connectivity index (χ2n) is 6.50. The molecule has 0 unspecified atom stereocenters. The second-order valence-corrected chi connectivity index (χ2v) is 8.21. The fourth-order valence-corrected chi connectivity index (χ4v) is 4.18. The van der Waals surface area contributed by atoms with E-state index < -0.39 is 0 Å². The number of nitrogens with one attached hydrogen (secondary N) is 1. The topological polar surface area (TPSA) is 77.2 Å². The molecule has 0 aliphatic carbocycles. The van der Waals surface area contributed by atoms with Crippen LogP contribution in [0.15, 0.2) is 62.8 Å². The lowest BCUT2D eigenvalue weighted by atomic mass is 10.2. The van der Waals surface area contributed by atoms with Gasteiger partial charge in [0.2, 0.25) is 11.8 Å². The van der Waals surface area contributed by atoms with Crippen LogP contribution in [0.3, 0.4) is 0 Å². The predicted molar refractivity (Wildman–Crippen MR) is 121 cm³/mol. The van der Waals surface area contributed by atoms with Crippen LogP contribution in [0.25, 0.3) is 22.7 Å². The van der Waals surface area contributed by atoms with E-state index in [0.717, 1.165) is 27.0 Å². The first kappa shape index (κ1) is 20.3. The van der Waals surface area contributed by atoms with Crippen LogP contribution in [0, 0.1) is 6.92 Å². The molecule has 0 spiro atoms.